The van der Waals surface area contributed by atoms with Crippen LogP contribution in [0.15, 0.2) is 30.5 Å². The molecule has 2 aliphatic heterocycles. The van der Waals surface area contributed by atoms with Crippen LogP contribution in [0.25, 0.3) is 10.9 Å². The van der Waals surface area contributed by atoms with Crippen molar-refractivity contribution < 1.29 is 52.7 Å². The average molecular weight is 877 g/mol. The van der Waals surface area contributed by atoms with Crippen LogP contribution < -0.4 is 32.3 Å². The lowest BCUT2D eigenvalue weighted by molar-refractivity contribution is -0.917. The van der Waals surface area contributed by atoms with Crippen molar-refractivity contribution in [3.8, 4) is 0 Å². The lowest BCUT2D eigenvalue weighted by atomic mass is 10.1. The van der Waals surface area contributed by atoms with E-state index in [4.69, 9.17) is 10.5 Å². The number of quaternary nitrogens is 1. The number of morpholine rings is 1. The van der Waals surface area contributed by atoms with Crippen LogP contribution in [0.4, 0.5) is 0 Å². The van der Waals surface area contributed by atoms with Gasteiger partial charge in [-0.1, -0.05) is 39.8 Å². The lowest BCUT2D eigenvalue weighted by Gasteiger charge is -2.37. The summed E-state index contributed by atoms with van der Waals surface area (Å²) in [5.41, 5.74) is 7.39. The number of para-hydroxylation sites is 1. The Labute approximate surface area is 356 Å². The number of amides is 7. The van der Waals surface area contributed by atoms with Gasteiger partial charge in [0.05, 0.1) is 39.8 Å². The number of carboxylic acid groups (broad SMARTS) is 1. The van der Waals surface area contributed by atoms with E-state index in [1.54, 1.807) is 6.20 Å². The molecule has 0 aliphatic carbocycles. The molecule has 19 nitrogen and oxygen atoms in total. The van der Waals surface area contributed by atoms with Crippen molar-refractivity contribution in [3.63, 3.8) is 0 Å². The maximum absolute atomic E-state index is 14.1. The molecule has 21 heteroatoms. The molecule has 5 atom stereocenters. The van der Waals surface area contributed by atoms with Gasteiger partial charge in [-0.2, -0.15) is 0 Å². The number of likely N-dealkylation sites (N-methyl/N-ethyl adjacent to an activating group) is 1. The van der Waals surface area contributed by atoms with E-state index in [1.165, 1.54) is 40.3 Å². The summed E-state index contributed by atoms with van der Waals surface area (Å²) in [5, 5.41) is 23.2. The van der Waals surface area contributed by atoms with Crippen molar-refractivity contribution in [2.75, 3.05) is 64.5 Å². The number of carbonyl (C=O) groups excluding carboxylic acids is 7. The highest BCUT2D eigenvalue weighted by atomic mass is 33.1. The average Bonchev–Trinajstić information content (AvgIpc) is 3.62. The first kappa shape index (κ1) is 47.8. The van der Waals surface area contributed by atoms with Crippen LogP contribution in [0.5, 0.6) is 0 Å². The van der Waals surface area contributed by atoms with E-state index in [2.05, 4.69) is 38.6 Å². The van der Waals surface area contributed by atoms with Crippen LogP contribution in [-0.4, -0.2) is 161 Å². The topological polar surface area (TPSA) is 271 Å². The molecular weight excluding hydrogens is 819 g/mol. The normalized spacial score (nSPS) is 24.7. The molecular formula is C39H58N9O10S2+. The number of aromatic amines is 1. The second-order valence-corrected chi connectivity index (χ2v) is 17.9. The van der Waals surface area contributed by atoms with Gasteiger partial charge in [-0.25, -0.2) is 0 Å². The summed E-state index contributed by atoms with van der Waals surface area (Å²) in [7, 11) is 4.63. The number of hydrogen-bond donors (Lipinski definition) is 8. The molecule has 3 heterocycles. The smallest absolute Gasteiger partial charge is 0.305 e. The number of carbonyl (C=O) groups is 8. The van der Waals surface area contributed by atoms with Crippen LogP contribution in [0.1, 0.15) is 51.5 Å². The first-order valence-corrected chi connectivity index (χ1v) is 22.5. The Balaban J connectivity index is 1.53. The number of aliphatic carboxylic acids is 1. The third kappa shape index (κ3) is 14.7. The number of fused-ring (bicyclic) bond motifs is 1. The van der Waals surface area contributed by atoms with Crippen molar-refractivity contribution in [2.24, 2.45) is 5.73 Å². The zero-order valence-corrected chi connectivity index (χ0v) is 35.9. The highest BCUT2D eigenvalue weighted by Gasteiger charge is 2.34. The van der Waals surface area contributed by atoms with Gasteiger partial charge >= 0.3 is 5.97 Å². The van der Waals surface area contributed by atoms with Gasteiger partial charge in [0.15, 0.2) is 0 Å². The highest BCUT2D eigenvalue weighted by molar-refractivity contribution is 8.76. The molecule has 0 radical (unpaired) electrons. The minimum absolute atomic E-state index is 0.00734. The fraction of sp³-hybridized carbons (Fsp3) is 0.590. The number of rotatable bonds is 11. The largest absolute Gasteiger partial charge is 0.481 e. The van der Waals surface area contributed by atoms with Gasteiger partial charge in [0, 0.05) is 41.6 Å². The first-order valence-electron chi connectivity index (χ1n) is 20.1. The molecule has 330 valence electrons. The Morgan fingerprint density at radius 3 is 2.35 bits per heavy atom. The van der Waals surface area contributed by atoms with Gasteiger partial charge in [0.2, 0.25) is 41.4 Å². The number of primary amides is 1. The molecule has 2 aliphatic rings. The van der Waals surface area contributed by atoms with E-state index in [1.807, 2.05) is 24.3 Å². The lowest BCUT2D eigenvalue weighted by Crippen LogP contribution is -2.59. The van der Waals surface area contributed by atoms with Gasteiger partial charge in [0.1, 0.15) is 43.3 Å². The number of benzene rings is 1. The summed E-state index contributed by atoms with van der Waals surface area (Å²) in [6.07, 6.45) is 2.91. The van der Waals surface area contributed by atoms with Crippen molar-refractivity contribution >= 4 is 79.8 Å². The summed E-state index contributed by atoms with van der Waals surface area (Å²) in [6, 6.07) is 1.31. The molecule has 2 aromatic rings. The van der Waals surface area contributed by atoms with E-state index in [0.717, 1.165) is 47.0 Å². The van der Waals surface area contributed by atoms with Gasteiger partial charge in [-0.05, 0) is 51.2 Å². The maximum Gasteiger partial charge on any atom is 0.305 e. The quantitative estimate of drug-likeness (QED) is 0.0799. The molecule has 1 aromatic heterocycles. The molecule has 0 saturated carbocycles. The molecule has 4 rings (SSSR count). The summed E-state index contributed by atoms with van der Waals surface area (Å²) >= 11 is 0. The molecule has 1 aromatic carbocycles. The monoisotopic (exact) mass is 876 g/mol. The standard InChI is InChI=1S/C39H57N9O10S2/c1-24-39(57)47(13-11-26-21-41-28-9-5-4-8-27(26)28)25(2)36(54)46-31(35(40)53)23-60-59-19-12-32(49)44-29(10-6-7-14-48(3)15-17-58-18-16-48)37(55)42-22-33(50)45-30(20-34(51)52)38(56)43-24/h4-5,8-9,21,24-25,29-31,41H,6-7,10-20,22-23H2,1-3H3,(H7-,40,42,43,44,45,46,49,50,51,52,53,54,55,56)/p+1/t24-,25-,29-,30?,31?/m0/s1. The number of aromatic nitrogens is 1. The number of ether oxygens (including phenoxy) is 1. The molecule has 9 N–H and O–H groups in total. The Morgan fingerprint density at radius 1 is 0.917 bits per heavy atom. The fourth-order valence-corrected chi connectivity index (χ4v) is 9.11. The zero-order valence-electron chi connectivity index (χ0n) is 34.3. The van der Waals surface area contributed by atoms with Crippen LogP contribution in [-0.2, 0) is 49.5 Å². The number of nitrogens with one attached hydrogen (secondary N) is 6. The fourth-order valence-electron chi connectivity index (χ4n) is 6.94. The van der Waals surface area contributed by atoms with Crippen LogP contribution in [0.3, 0.4) is 0 Å². The summed E-state index contributed by atoms with van der Waals surface area (Å²) in [6.45, 7) is 6.16. The van der Waals surface area contributed by atoms with Gasteiger partial charge in [-0.15, -0.1) is 0 Å². The number of hydrogen-bond acceptors (Lipinski definition) is 11. The third-order valence-corrected chi connectivity index (χ3v) is 13.1. The van der Waals surface area contributed by atoms with E-state index in [-0.39, 0.29) is 25.1 Å². The van der Waals surface area contributed by atoms with Crippen molar-refractivity contribution in [1.29, 1.82) is 0 Å². The minimum atomic E-state index is -1.64. The molecule has 0 spiro atoms. The number of H-pyrrole nitrogens is 1. The second-order valence-electron chi connectivity index (χ2n) is 15.3. The molecule has 2 saturated heterocycles. The van der Waals surface area contributed by atoms with Gasteiger partial charge in [0.25, 0.3) is 0 Å². The summed E-state index contributed by atoms with van der Waals surface area (Å²) in [4.78, 5) is 109. The van der Waals surface area contributed by atoms with E-state index in [0.29, 0.717) is 31.8 Å². The van der Waals surface area contributed by atoms with Crippen molar-refractivity contribution in [2.45, 2.75) is 82.6 Å². The number of nitrogens with zero attached hydrogens (tertiary/aromatic N) is 2. The number of carboxylic acids is 1. The zero-order chi connectivity index (χ0) is 43.8. The first-order chi connectivity index (χ1) is 28.6. The molecule has 60 heavy (non-hydrogen) atoms. The minimum Gasteiger partial charge on any atom is -0.481 e. The maximum atomic E-state index is 14.1. The Kier molecular flexibility index (Phi) is 18.5. The van der Waals surface area contributed by atoms with Crippen molar-refractivity contribution in [3.05, 3.63) is 36.0 Å². The van der Waals surface area contributed by atoms with Crippen molar-refractivity contribution in [1.82, 2.24) is 36.5 Å². The molecule has 2 fully saturated rings. The summed E-state index contributed by atoms with van der Waals surface area (Å²) < 4.78 is 6.31. The van der Waals surface area contributed by atoms with Crippen LogP contribution in [0.2, 0.25) is 0 Å². The Hall–Kier alpha value is -4.86. The van der Waals surface area contributed by atoms with Gasteiger partial charge in [-0.3, -0.25) is 38.4 Å². The third-order valence-electron chi connectivity index (χ3n) is 10.6. The highest BCUT2D eigenvalue weighted by Crippen LogP contribution is 2.23. The predicted octanol–water partition coefficient (Wildman–Crippen LogP) is -0.605. The Bertz CT molecular complexity index is 1860. The van der Waals surface area contributed by atoms with Crippen LogP contribution >= 0.6 is 21.6 Å². The Morgan fingerprint density at radius 2 is 1.63 bits per heavy atom. The molecule has 0 bridgehead atoms. The molecule has 7 amide bonds. The molecule has 2 unspecified atom stereocenters. The SMILES string of the molecule is C[C@@H]1NC(=O)C(CC(=O)O)NC(=O)CNC(=O)[C@H](CCCC[N+]2(C)CCOCC2)NC(=O)CCSSCC(C(N)=O)NC(=O)[C@H](C)N(CCc2c[nH]c3ccccc23)C1=O. The number of nitrogens with two attached hydrogens (primary N) is 1. The van der Waals surface area contributed by atoms with E-state index in [9.17, 15) is 43.5 Å². The summed E-state index contributed by atoms with van der Waals surface area (Å²) in [5.74, 6) is -6.18. The van der Waals surface area contributed by atoms with E-state index >= 15 is 0 Å². The van der Waals surface area contributed by atoms with E-state index < -0.39 is 90.5 Å². The predicted molar refractivity (Wildman–Crippen MR) is 226 cm³/mol. The second kappa shape index (κ2) is 23.2. The van der Waals surface area contributed by atoms with Crippen LogP contribution in [0, 0.1) is 0 Å². The number of unbranched alkanes of at least 4 members (excludes halogenated alkanes) is 1. The van der Waals surface area contributed by atoms with Gasteiger partial charge < -0.3 is 56.5 Å².